The predicted octanol–water partition coefficient (Wildman–Crippen LogP) is 1.15. The van der Waals surface area contributed by atoms with Crippen molar-refractivity contribution >= 4 is 23.1 Å². The van der Waals surface area contributed by atoms with Crippen molar-refractivity contribution in [2.75, 3.05) is 39.3 Å². The van der Waals surface area contributed by atoms with E-state index in [1.165, 1.54) is 0 Å². The summed E-state index contributed by atoms with van der Waals surface area (Å²) in [5.41, 5.74) is 1.12. The molecule has 0 saturated carbocycles. The molecule has 1 rings (SSSR count). The van der Waals surface area contributed by atoms with Crippen molar-refractivity contribution in [2.24, 2.45) is 0 Å². The molecule has 0 bridgehead atoms. The fraction of sp³-hybridized carbons (Fsp3) is 0.538. The SMILES string of the molecule is COCCCNC(=S)NCc1cccnc1N(C)C. The van der Waals surface area contributed by atoms with Gasteiger partial charge in [0.25, 0.3) is 0 Å². The van der Waals surface area contributed by atoms with Gasteiger partial charge in [-0.2, -0.15) is 0 Å². The van der Waals surface area contributed by atoms with Crippen LogP contribution in [0.2, 0.25) is 0 Å². The van der Waals surface area contributed by atoms with Crippen LogP contribution in [-0.4, -0.2) is 44.5 Å². The summed E-state index contributed by atoms with van der Waals surface area (Å²) in [7, 11) is 5.65. The monoisotopic (exact) mass is 282 g/mol. The third-order valence-corrected chi connectivity index (χ3v) is 2.83. The lowest BCUT2D eigenvalue weighted by molar-refractivity contribution is 0.195. The van der Waals surface area contributed by atoms with Gasteiger partial charge < -0.3 is 20.3 Å². The van der Waals surface area contributed by atoms with Crippen LogP contribution in [0.1, 0.15) is 12.0 Å². The molecule has 0 aliphatic heterocycles. The van der Waals surface area contributed by atoms with Crippen molar-refractivity contribution in [3.63, 3.8) is 0 Å². The highest BCUT2D eigenvalue weighted by Gasteiger charge is 2.05. The number of rotatable bonds is 7. The van der Waals surface area contributed by atoms with Crippen LogP contribution in [0.15, 0.2) is 18.3 Å². The van der Waals surface area contributed by atoms with Gasteiger partial charge in [0.05, 0.1) is 0 Å². The second-order valence-electron chi connectivity index (χ2n) is 4.34. The van der Waals surface area contributed by atoms with E-state index in [4.69, 9.17) is 17.0 Å². The van der Waals surface area contributed by atoms with E-state index in [-0.39, 0.29) is 0 Å². The number of methoxy groups -OCH3 is 1. The highest BCUT2D eigenvalue weighted by atomic mass is 32.1. The molecule has 0 unspecified atom stereocenters. The van der Waals surface area contributed by atoms with Gasteiger partial charge in [-0.05, 0) is 24.7 Å². The predicted molar refractivity (Wildman–Crippen MR) is 82.5 cm³/mol. The fourth-order valence-corrected chi connectivity index (χ4v) is 1.80. The fourth-order valence-electron chi connectivity index (χ4n) is 1.63. The van der Waals surface area contributed by atoms with Crippen LogP contribution in [0.4, 0.5) is 5.82 Å². The number of aromatic nitrogens is 1. The van der Waals surface area contributed by atoms with Crippen LogP contribution in [-0.2, 0) is 11.3 Å². The largest absolute Gasteiger partial charge is 0.385 e. The van der Waals surface area contributed by atoms with Gasteiger partial charge in [0, 0.05) is 52.7 Å². The van der Waals surface area contributed by atoms with Gasteiger partial charge in [-0.1, -0.05) is 6.07 Å². The zero-order chi connectivity index (χ0) is 14.1. The molecule has 1 heterocycles. The van der Waals surface area contributed by atoms with Crippen molar-refractivity contribution in [3.05, 3.63) is 23.9 Å². The molecule has 19 heavy (non-hydrogen) atoms. The first kappa shape index (κ1) is 15.7. The van der Waals surface area contributed by atoms with Crippen molar-refractivity contribution in [3.8, 4) is 0 Å². The number of pyridine rings is 1. The van der Waals surface area contributed by atoms with E-state index in [2.05, 4.69) is 15.6 Å². The molecule has 1 aromatic rings. The van der Waals surface area contributed by atoms with Crippen LogP contribution < -0.4 is 15.5 Å². The summed E-state index contributed by atoms with van der Waals surface area (Å²) in [6, 6.07) is 3.97. The van der Waals surface area contributed by atoms with Crippen LogP contribution in [0.25, 0.3) is 0 Å². The molecular weight excluding hydrogens is 260 g/mol. The number of hydrogen-bond acceptors (Lipinski definition) is 4. The second-order valence-corrected chi connectivity index (χ2v) is 4.74. The summed E-state index contributed by atoms with van der Waals surface area (Å²) in [6.07, 6.45) is 2.73. The zero-order valence-electron chi connectivity index (χ0n) is 11.8. The molecule has 0 aliphatic carbocycles. The summed E-state index contributed by atoms with van der Waals surface area (Å²) >= 11 is 5.21. The van der Waals surface area contributed by atoms with Gasteiger partial charge in [0.1, 0.15) is 5.82 Å². The number of nitrogens with zero attached hydrogens (tertiary/aromatic N) is 2. The molecule has 0 spiro atoms. The Balaban J connectivity index is 2.38. The number of anilines is 1. The number of thiocarbonyl (C=S) groups is 1. The van der Waals surface area contributed by atoms with Crippen LogP contribution in [0.3, 0.4) is 0 Å². The van der Waals surface area contributed by atoms with E-state index in [1.807, 2.05) is 31.1 Å². The van der Waals surface area contributed by atoms with Crippen molar-refractivity contribution in [2.45, 2.75) is 13.0 Å². The minimum Gasteiger partial charge on any atom is -0.385 e. The van der Waals surface area contributed by atoms with Gasteiger partial charge in [-0.15, -0.1) is 0 Å². The summed E-state index contributed by atoms with van der Waals surface area (Å²) in [6.45, 7) is 2.22. The molecule has 0 atom stereocenters. The molecule has 0 amide bonds. The molecule has 106 valence electrons. The molecule has 1 aromatic heterocycles. The minimum absolute atomic E-state index is 0.657. The lowest BCUT2D eigenvalue weighted by Crippen LogP contribution is -2.36. The third kappa shape index (κ3) is 5.85. The average molecular weight is 282 g/mol. The zero-order valence-corrected chi connectivity index (χ0v) is 12.6. The van der Waals surface area contributed by atoms with Crippen LogP contribution in [0.5, 0.6) is 0 Å². The highest BCUT2D eigenvalue weighted by Crippen LogP contribution is 2.13. The topological polar surface area (TPSA) is 49.4 Å². The molecule has 0 radical (unpaired) electrons. The lowest BCUT2D eigenvalue weighted by atomic mass is 10.2. The Morgan fingerprint density at radius 3 is 2.89 bits per heavy atom. The lowest BCUT2D eigenvalue weighted by Gasteiger charge is -2.17. The first-order valence-electron chi connectivity index (χ1n) is 6.27. The van der Waals surface area contributed by atoms with Gasteiger partial charge >= 0.3 is 0 Å². The van der Waals surface area contributed by atoms with E-state index < -0.39 is 0 Å². The summed E-state index contributed by atoms with van der Waals surface area (Å²) in [5.74, 6) is 0.956. The van der Waals surface area contributed by atoms with Crippen molar-refractivity contribution < 1.29 is 4.74 Å². The molecule has 0 aromatic carbocycles. The Morgan fingerprint density at radius 2 is 2.21 bits per heavy atom. The quantitative estimate of drug-likeness (QED) is 0.578. The summed E-state index contributed by atoms with van der Waals surface area (Å²) in [5, 5.41) is 6.98. The number of ether oxygens (including phenoxy) is 1. The molecule has 2 N–H and O–H groups in total. The minimum atomic E-state index is 0.657. The highest BCUT2D eigenvalue weighted by molar-refractivity contribution is 7.80. The maximum atomic E-state index is 5.21. The smallest absolute Gasteiger partial charge is 0.166 e. The van der Waals surface area contributed by atoms with Gasteiger partial charge in [-0.3, -0.25) is 0 Å². The Hall–Kier alpha value is -1.40. The molecule has 5 nitrogen and oxygen atoms in total. The van der Waals surface area contributed by atoms with Crippen molar-refractivity contribution in [1.82, 2.24) is 15.6 Å². The van der Waals surface area contributed by atoms with Crippen LogP contribution >= 0.6 is 12.2 Å². The molecule has 0 fully saturated rings. The molecule has 0 aliphatic rings. The Morgan fingerprint density at radius 1 is 1.42 bits per heavy atom. The Bertz CT molecular complexity index is 398. The van der Waals surface area contributed by atoms with Gasteiger partial charge in [0.2, 0.25) is 0 Å². The Labute approximate surface area is 120 Å². The van der Waals surface area contributed by atoms with E-state index in [0.717, 1.165) is 31.0 Å². The standard InChI is InChI=1S/C13H22N4OS/c1-17(2)12-11(6-4-7-14-12)10-16-13(19)15-8-5-9-18-3/h4,6-7H,5,8-10H2,1-3H3,(H2,15,16,19). The maximum Gasteiger partial charge on any atom is 0.166 e. The second kappa shape index (κ2) is 8.66. The average Bonchev–Trinajstić information content (AvgIpc) is 2.41. The first-order chi connectivity index (χ1) is 9.15. The first-order valence-corrected chi connectivity index (χ1v) is 6.68. The maximum absolute atomic E-state index is 5.21. The summed E-state index contributed by atoms with van der Waals surface area (Å²) < 4.78 is 4.98. The molecular formula is C13H22N4OS. The number of nitrogens with one attached hydrogen (secondary N) is 2. The van der Waals surface area contributed by atoms with Crippen LogP contribution in [0, 0.1) is 0 Å². The van der Waals surface area contributed by atoms with E-state index in [1.54, 1.807) is 13.3 Å². The van der Waals surface area contributed by atoms with Gasteiger partial charge in [-0.25, -0.2) is 4.98 Å². The third-order valence-electron chi connectivity index (χ3n) is 2.54. The summed E-state index contributed by atoms with van der Waals surface area (Å²) in [4.78, 5) is 6.34. The van der Waals surface area contributed by atoms with Crippen molar-refractivity contribution in [1.29, 1.82) is 0 Å². The normalized spacial score (nSPS) is 10.1. The van der Waals surface area contributed by atoms with E-state index in [0.29, 0.717) is 11.7 Å². The van der Waals surface area contributed by atoms with E-state index in [9.17, 15) is 0 Å². The number of hydrogen-bond donors (Lipinski definition) is 2. The van der Waals surface area contributed by atoms with Gasteiger partial charge in [0.15, 0.2) is 5.11 Å². The van der Waals surface area contributed by atoms with E-state index >= 15 is 0 Å². The Kier molecular flexibility index (Phi) is 7.14. The molecule has 6 heteroatoms. The molecule has 0 saturated heterocycles.